The average Bonchev–Trinajstić information content (AvgIpc) is 3.09. The van der Waals surface area contributed by atoms with Crippen molar-refractivity contribution in [2.75, 3.05) is 6.26 Å². The van der Waals surface area contributed by atoms with E-state index in [-0.39, 0.29) is 10.7 Å². The number of hydrogen-bond acceptors (Lipinski definition) is 3. The maximum Gasteiger partial charge on any atom is 0.175 e. The van der Waals surface area contributed by atoms with Crippen molar-refractivity contribution >= 4 is 32.4 Å². The van der Waals surface area contributed by atoms with Crippen LogP contribution in [0.3, 0.4) is 0 Å². The van der Waals surface area contributed by atoms with Gasteiger partial charge in [-0.3, -0.25) is 0 Å². The van der Waals surface area contributed by atoms with Gasteiger partial charge in [0, 0.05) is 26.6 Å². The van der Waals surface area contributed by atoms with Crippen molar-refractivity contribution in [3.8, 4) is 28.1 Å². The van der Waals surface area contributed by atoms with Gasteiger partial charge < -0.3 is 9.72 Å². The molecule has 1 heterocycles. The molecule has 0 aliphatic rings. The Labute approximate surface area is 200 Å². The SMILES string of the molecule is Cc1[nH]c(-c2ccc(S(C)(=O)=O)cc2)c(-c2ccc(F)cc2)c1COc1ccc(I)cc1. The van der Waals surface area contributed by atoms with Crippen molar-refractivity contribution < 1.29 is 17.5 Å². The lowest BCUT2D eigenvalue weighted by Crippen LogP contribution is -1.98. The Kier molecular flexibility index (Phi) is 6.39. The molecule has 164 valence electrons. The molecular formula is C25H21FINO3S. The number of nitrogens with one attached hydrogen (secondary N) is 1. The zero-order chi connectivity index (χ0) is 22.9. The Morgan fingerprint density at radius 2 is 1.50 bits per heavy atom. The molecule has 0 bridgehead atoms. The fourth-order valence-corrected chi connectivity index (χ4v) is 4.54. The summed E-state index contributed by atoms with van der Waals surface area (Å²) in [7, 11) is -3.29. The zero-order valence-corrected chi connectivity index (χ0v) is 20.5. The zero-order valence-electron chi connectivity index (χ0n) is 17.5. The fraction of sp³-hybridized carbons (Fsp3) is 0.120. The number of H-pyrrole nitrogens is 1. The highest BCUT2D eigenvalue weighted by atomic mass is 127. The van der Waals surface area contributed by atoms with Crippen LogP contribution in [0.4, 0.5) is 4.39 Å². The van der Waals surface area contributed by atoms with Gasteiger partial charge in [-0.25, -0.2) is 12.8 Å². The normalized spacial score (nSPS) is 11.5. The van der Waals surface area contributed by atoms with Gasteiger partial charge in [-0.05, 0) is 89.2 Å². The van der Waals surface area contributed by atoms with Gasteiger partial charge in [-0.2, -0.15) is 0 Å². The van der Waals surface area contributed by atoms with Crippen LogP contribution in [0.5, 0.6) is 5.75 Å². The Morgan fingerprint density at radius 3 is 2.09 bits per heavy atom. The fourth-order valence-electron chi connectivity index (χ4n) is 3.55. The monoisotopic (exact) mass is 561 g/mol. The van der Waals surface area contributed by atoms with Crippen LogP contribution in [-0.2, 0) is 16.4 Å². The van der Waals surface area contributed by atoms with Crippen LogP contribution in [0.25, 0.3) is 22.4 Å². The van der Waals surface area contributed by atoms with Crippen LogP contribution >= 0.6 is 22.6 Å². The molecule has 1 aromatic heterocycles. The molecule has 0 fully saturated rings. The van der Waals surface area contributed by atoms with E-state index in [2.05, 4.69) is 27.6 Å². The summed E-state index contributed by atoms with van der Waals surface area (Å²) in [5.41, 5.74) is 5.30. The van der Waals surface area contributed by atoms with E-state index in [1.807, 2.05) is 31.2 Å². The minimum Gasteiger partial charge on any atom is -0.489 e. The predicted octanol–water partition coefficient (Wildman–Crippen LogP) is 6.38. The van der Waals surface area contributed by atoms with Gasteiger partial charge in [0.1, 0.15) is 18.2 Å². The van der Waals surface area contributed by atoms with Gasteiger partial charge >= 0.3 is 0 Å². The molecule has 0 aliphatic heterocycles. The maximum atomic E-state index is 13.6. The van der Waals surface area contributed by atoms with Crippen molar-refractivity contribution in [2.24, 2.45) is 0 Å². The molecular weight excluding hydrogens is 540 g/mol. The maximum absolute atomic E-state index is 13.6. The smallest absolute Gasteiger partial charge is 0.175 e. The van der Waals surface area contributed by atoms with Crippen LogP contribution in [0.1, 0.15) is 11.3 Å². The number of sulfone groups is 1. The van der Waals surface area contributed by atoms with E-state index in [0.717, 1.165) is 43.0 Å². The second kappa shape index (κ2) is 9.07. The van der Waals surface area contributed by atoms with Gasteiger partial charge in [-0.15, -0.1) is 0 Å². The first kappa shape index (κ1) is 22.5. The number of ether oxygens (including phenoxy) is 1. The minimum absolute atomic E-state index is 0.259. The quantitative estimate of drug-likeness (QED) is 0.278. The second-order valence-electron chi connectivity index (χ2n) is 7.52. The molecule has 0 unspecified atom stereocenters. The van der Waals surface area contributed by atoms with E-state index >= 15 is 0 Å². The highest BCUT2D eigenvalue weighted by Crippen LogP contribution is 2.37. The first-order valence-corrected chi connectivity index (χ1v) is 12.9. The molecule has 4 rings (SSSR count). The number of benzene rings is 3. The molecule has 4 nitrogen and oxygen atoms in total. The number of aromatic nitrogens is 1. The van der Waals surface area contributed by atoms with Crippen molar-refractivity contribution in [1.82, 2.24) is 4.98 Å². The molecule has 0 radical (unpaired) electrons. The lowest BCUT2D eigenvalue weighted by molar-refractivity contribution is 0.306. The van der Waals surface area contributed by atoms with Crippen molar-refractivity contribution in [1.29, 1.82) is 0 Å². The van der Waals surface area contributed by atoms with Gasteiger partial charge in [0.2, 0.25) is 0 Å². The van der Waals surface area contributed by atoms with E-state index in [1.165, 1.54) is 18.4 Å². The molecule has 7 heteroatoms. The molecule has 0 aliphatic carbocycles. The Bertz CT molecular complexity index is 1340. The molecule has 3 aromatic carbocycles. The molecule has 4 aromatic rings. The summed E-state index contributed by atoms with van der Waals surface area (Å²) in [5.74, 6) is 0.451. The highest BCUT2D eigenvalue weighted by Gasteiger charge is 2.19. The van der Waals surface area contributed by atoms with Crippen LogP contribution < -0.4 is 4.74 Å². The van der Waals surface area contributed by atoms with Gasteiger partial charge in [0.25, 0.3) is 0 Å². The van der Waals surface area contributed by atoms with E-state index < -0.39 is 9.84 Å². The van der Waals surface area contributed by atoms with Crippen molar-refractivity contribution in [3.05, 3.63) is 93.4 Å². The third-order valence-corrected chi connectivity index (χ3v) is 7.07. The second-order valence-corrected chi connectivity index (χ2v) is 10.8. The van der Waals surface area contributed by atoms with Crippen molar-refractivity contribution in [3.63, 3.8) is 0 Å². The summed E-state index contributed by atoms with van der Waals surface area (Å²) in [6.07, 6.45) is 1.19. The summed E-state index contributed by atoms with van der Waals surface area (Å²) in [4.78, 5) is 3.68. The number of aryl methyl sites for hydroxylation is 1. The van der Waals surface area contributed by atoms with E-state index in [4.69, 9.17) is 4.74 Å². The van der Waals surface area contributed by atoms with Gasteiger partial charge in [-0.1, -0.05) is 24.3 Å². The summed E-state index contributed by atoms with van der Waals surface area (Å²) in [6.45, 7) is 2.30. The number of halogens is 2. The first-order valence-electron chi connectivity index (χ1n) is 9.88. The third-order valence-electron chi connectivity index (χ3n) is 5.22. The van der Waals surface area contributed by atoms with Gasteiger partial charge in [0.15, 0.2) is 9.84 Å². The Balaban J connectivity index is 1.78. The summed E-state index contributed by atoms with van der Waals surface area (Å²) in [5, 5.41) is 0. The van der Waals surface area contributed by atoms with Crippen LogP contribution in [-0.4, -0.2) is 19.7 Å². The predicted molar refractivity (Wildman–Crippen MR) is 133 cm³/mol. The highest BCUT2D eigenvalue weighted by molar-refractivity contribution is 14.1. The number of rotatable bonds is 6. The van der Waals surface area contributed by atoms with Crippen molar-refractivity contribution in [2.45, 2.75) is 18.4 Å². The molecule has 0 atom stereocenters. The standard InChI is InChI=1S/C25H21FINO3S/c1-16-23(15-31-21-11-9-20(27)10-12-21)24(17-3-7-19(26)8-4-17)25(28-16)18-5-13-22(14-6-18)32(2,29)30/h3-14,28H,15H2,1-2H3. The Hall–Kier alpha value is -2.65. The van der Waals surface area contributed by atoms with Gasteiger partial charge in [0.05, 0.1) is 10.6 Å². The van der Waals surface area contributed by atoms with Crippen LogP contribution in [0.2, 0.25) is 0 Å². The number of aromatic amines is 1. The molecule has 0 amide bonds. The first-order chi connectivity index (χ1) is 15.2. The van der Waals surface area contributed by atoms with E-state index in [9.17, 15) is 12.8 Å². The molecule has 0 saturated carbocycles. The van der Waals surface area contributed by atoms with E-state index in [1.54, 1.807) is 36.4 Å². The molecule has 32 heavy (non-hydrogen) atoms. The Morgan fingerprint density at radius 1 is 0.906 bits per heavy atom. The summed E-state index contributed by atoms with van der Waals surface area (Å²) in [6, 6.07) is 20.9. The van der Waals surface area contributed by atoms with E-state index in [0.29, 0.717) is 6.61 Å². The minimum atomic E-state index is -3.29. The molecule has 0 saturated heterocycles. The molecule has 1 N–H and O–H groups in total. The summed E-state index contributed by atoms with van der Waals surface area (Å²) >= 11 is 2.25. The number of hydrogen-bond donors (Lipinski definition) is 1. The molecule has 0 spiro atoms. The average molecular weight is 561 g/mol. The topological polar surface area (TPSA) is 59.2 Å². The third kappa shape index (κ3) is 4.88. The summed E-state index contributed by atoms with van der Waals surface area (Å²) < 4.78 is 44.5. The van der Waals surface area contributed by atoms with Crippen LogP contribution in [0, 0.1) is 16.3 Å². The van der Waals surface area contributed by atoms with Crippen LogP contribution in [0.15, 0.2) is 77.7 Å². The lowest BCUT2D eigenvalue weighted by atomic mass is 9.97. The largest absolute Gasteiger partial charge is 0.489 e. The lowest BCUT2D eigenvalue weighted by Gasteiger charge is -2.11.